The van der Waals surface area contributed by atoms with E-state index in [0.717, 1.165) is 11.1 Å². The van der Waals surface area contributed by atoms with Crippen LogP contribution in [0.1, 0.15) is 24.1 Å². The standard InChI is InChI=1S/C18H19NO3S/c1-13-9-11-15(12-10-13)23(21)19-16(14-7-5-4-6-8-14)18(19,2)17(20)22-3/h4-12,16H,1-3H3/t16-,18-,19?,23-/m0/s1. The van der Waals surface area contributed by atoms with Crippen molar-refractivity contribution in [3.05, 3.63) is 65.7 Å². The molecule has 23 heavy (non-hydrogen) atoms. The number of hydrogen-bond donors (Lipinski definition) is 0. The van der Waals surface area contributed by atoms with Crippen LogP contribution in [0.25, 0.3) is 0 Å². The zero-order chi connectivity index (χ0) is 16.6. The number of esters is 1. The minimum Gasteiger partial charge on any atom is -0.468 e. The minimum absolute atomic E-state index is 0.252. The zero-order valence-corrected chi connectivity index (χ0v) is 14.2. The Morgan fingerprint density at radius 1 is 1.13 bits per heavy atom. The van der Waals surface area contributed by atoms with Gasteiger partial charge in [0.25, 0.3) is 0 Å². The van der Waals surface area contributed by atoms with Gasteiger partial charge < -0.3 is 4.74 Å². The van der Waals surface area contributed by atoms with Crippen molar-refractivity contribution in [2.24, 2.45) is 0 Å². The van der Waals surface area contributed by atoms with Crippen LogP contribution in [0.15, 0.2) is 59.5 Å². The Bertz CT molecular complexity index is 745. The van der Waals surface area contributed by atoms with Crippen molar-refractivity contribution >= 4 is 17.0 Å². The van der Waals surface area contributed by atoms with E-state index in [9.17, 15) is 9.00 Å². The molecule has 0 aliphatic carbocycles. The molecule has 1 aliphatic rings. The first-order chi connectivity index (χ1) is 11.0. The molecule has 2 aromatic rings. The maximum atomic E-state index is 13.0. The molecule has 1 saturated heterocycles. The first-order valence-electron chi connectivity index (χ1n) is 7.41. The minimum atomic E-state index is -1.42. The molecule has 0 radical (unpaired) electrons. The van der Waals surface area contributed by atoms with Crippen molar-refractivity contribution in [3.8, 4) is 0 Å². The summed E-state index contributed by atoms with van der Waals surface area (Å²) in [5.74, 6) is -0.369. The van der Waals surface area contributed by atoms with Gasteiger partial charge >= 0.3 is 5.97 Å². The van der Waals surface area contributed by atoms with E-state index in [2.05, 4.69) is 0 Å². The normalized spacial score (nSPS) is 27.3. The van der Waals surface area contributed by atoms with Crippen molar-refractivity contribution in [1.82, 2.24) is 4.31 Å². The number of carbonyl (C=O) groups excluding carboxylic acids is 1. The highest BCUT2D eigenvalue weighted by molar-refractivity contribution is 7.83. The van der Waals surface area contributed by atoms with Crippen LogP contribution in [0.4, 0.5) is 0 Å². The van der Waals surface area contributed by atoms with Gasteiger partial charge in [0, 0.05) is 0 Å². The SMILES string of the molecule is COC(=O)[C@]1(C)[C@H](c2ccccc2)N1[S@@](=O)c1ccc(C)cc1. The van der Waals surface area contributed by atoms with Crippen LogP contribution in [-0.4, -0.2) is 27.1 Å². The molecule has 1 unspecified atom stereocenters. The maximum absolute atomic E-state index is 13.0. The van der Waals surface area contributed by atoms with Crippen LogP contribution >= 0.6 is 0 Å². The summed E-state index contributed by atoms with van der Waals surface area (Å²) < 4.78 is 19.6. The summed E-state index contributed by atoms with van der Waals surface area (Å²) in [6, 6.07) is 16.9. The first-order valence-corrected chi connectivity index (χ1v) is 8.52. The number of benzene rings is 2. The quantitative estimate of drug-likeness (QED) is 0.640. The van der Waals surface area contributed by atoms with Gasteiger partial charge in [-0.05, 0) is 31.5 Å². The molecule has 0 N–H and O–H groups in total. The molecule has 1 heterocycles. The number of carbonyl (C=O) groups is 1. The largest absolute Gasteiger partial charge is 0.468 e. The van der Waals surface area contributed by atoms with Gasteiger partial charge in [-0.2, -0.15) is 4.31 Å². The Morgan fingerprint density at radius 3 is 2.30 bits per heavy atom. The third-order valence-electron chi connectivity index (χ3n) is 4.27. The van der Waals surface area contributed by atoms with Gasteiger partial charge in [0.15, 0.2) is 0 Å². The molecule has 1 aliphatic heterocycles. The highest BCUT2D eigenvalue weighted by Crippen LogP contribution is 2.55. The summed E-state index contributed by atoms with van der Waals surface area (Å²) in [6.45, 7) is 3.76. The van der Waals surface area contributed by atoms with E-state index in [1.807, 2.05) is 61.5 Å². The average molecular weight is 329 g/mol. The molecule has 1 fully saturated rings. The highest BCUT2D eigenvalue weighted by atomic mass is 32.2. The first kappa shape index (κ1) is 15.9. The second-order valence-electron chi connectivity index (χ2n) is 5.84. The molecule has 4 atom stereocenters. The van der Waals surface area contributed by atoms with Gasteiger partial charge in [-0.1, -0.05) is 48.0 Å². The van der Waals surface area contributed by atoms with Crippen molar-refractivity contribution < 1.29 is 13.7 Å². The fourth-order valence-corrected chi connectivity index (χ4v) is 4.49. The molecule has 4 nitrogen and oxygen atoms in total. The monoisotopic (exact) mass is 329 g/mol. The van der Waals surface area contributed by atoms with Gasteiger partial charge in [-0.15, -0.1) is 0 Å². The van der Waals surface area contributed by atoms with Crippen LogP contribution in [0.3, 0.4) is 0 Å². The number of nitrogens with zero attached hydrogens (tertiary/aromatic N) is 1. The van der Waals surface area contributed by atoms with E-state index in [4.69, 9.17) is 4.74 Å². The van der Waals surface area contributed by atoms with E-state index in [-0.39, 0.29) is 12.0 Å². The third kappa shape index (κ3) is 2.60. The summed E-state index contributed by atoms with van der Waals surface area (Å²) >= 11 is 0. The van der Waals surface area contributed by atoms with Gasteiger partial charge in [0.2, 0.25) is 0 Å². The fraction of sp³-hybridized carbons (Fsp3) is 0.278. The molecule has 3 rings (SSSR count). The fourth-order valence-electron chi connectivity index (χ4n) is 2.90. The summed E-state index contributed by atoms with van der Waals surface area (Å²) in [7, 11) is -0.0599. The van der Waals surface area contributed by atoms with E-state index in [0.29, 0.717) is 4.90 Å². The third-order valence-corrected chi connectivity index (χ3v) is 5.90. The molecule has 0 spiro atoms. The molecule has 0 aromatic heterocycles. The lowest BCUT2D eigenvalue weighted by Gasteiger charge is -2.09. The highest BCUT2D eigenvalue weighted by Gasteiger charge is 2.69. The Hall–Kier alpha value is -1.98. The smallest absolute Gasteiger partial charge is 0.329 e. The van der Waals surface area contributed by atoms with Crippen LogP contribution in [0, 0.1) is 6.92 Å². The van der Waals surface area contributed by atoms with E-state index >= 15 is 0 Å². The van der Waals surface area contributed by atoms with Crippen LogP contribution in [-0.2, 0) is 20.5 Å². The molecule has 0 amide bonds. The van der Waals surface area contributed by atoms with Crippen molar-refractivity contribution in [1.29, 1.82) is 0 Å². The van der Waals surface area contributed by atoms with E-state index in [1.165, 1.54) is 7.11 Å². The number of ether oxygens (including phenoxy) is 1. The Labute approximate surface area is 138 Å². The van der Waals surface area contributed by atoms with Crippen molar-refractivity contribution in [2.75, 3.05) is 7.11 Å². The lowest BCUT2D eigenvalue weighted by molar-refractivity contribution is -0.144. The molecular weight excluding hydrogens is 310 g/mol. The van der Waals surface area contributed by atoms with Crippen LogP contribution in [0.2, 0.25) is 0 Å². The average Bonchev–Trinajstić information content (AvgIpc) is 3.22. The molecule has 0 saturated carbocycles. The number of hydrogen-bond acceptors (Lipinski definition) is 3. The van der Waals surface area contributed by atoms with Gasteiger partial charge in [0.1, 0.15) is 16.5 Å². The van der Waals surface area contributed by atoms with Gasteiger partial charge in [0.05, 0.1) is 18.0 Å². The van der Waals surface area contributed by atoms with Crippen molar-refractivity contribution in [2.45, 2.75) is 30.3 Å². The predicted molar refractivity (Wildman–Crippen MR) is 89.0 cm³/mol. The number of rotatable bonds is 4. The summed E-state index contributed by atoms with van der Waals surface area (Å²) in [5.41, 5.74) is 1.15. The Morgan fingerprint density at radius 2 is 1.74 bits per heavy atom. The number of methoxy groups -OCH3 is 1. The lowest BCUT2D eigenvalue weighted by atomic mass is 10.0. The van der Waals surface area contributed by atoms with Crippen LogP contribution in [0.5, 0.6) is 0 Å². The summed E-state index contributed by atoms with van der Waals surface area (Å²) in [4.78, 5) is 13.0. The molecule has 2 aromatic carbocycles. The van der Waals surface area contributed by atoms with E-state index in [1.54, 1.807) is 11.2 Å². The molecule has 0 bridgehead atoms. The van der Waals surface area contributed by atoms with Gasteiger partial charge in [-0.3, -0.25) is 0 Å². The predicted octanol–water partition coefficient (Wildman–Crippen LogP) is 3.01. The topological polar surface area (TPSA) is 46.4 Å². The van der Waals surface area contributed by atoms with Gasteiger partial charge in [-0.25, -0.2) is 9.00 Å². The van der Waals surface area contributed by atoms with E-state index < -0.39 is 16.5 Å². The zero-order valence-electron chi connectivity index (χ0n) is 13.4. The molecule has 5 heteroatoms. The second-order valence-corrected chi connectivity index (χ2v) is 7.20. The summed E-state index contributed by atoms with van der Waals surface area (Å²) in [6.07, 6.45) is 0. The molecule has 120 valence electrons. The Balaban J connectivity index is 1.97. The summed E-state index contributed by atoms with van der Waals surface area (Å²) in [5, 5.41) is 0. The second kappa shape index (κ2) is 5.91. The van der Waals surface area contributed by atoms with Crippen molar-refractivity contribution in [3.63, 3.8) is 0 Å². The number of aryl methyl sites for hydroxylation is 1. The van der Waals surface area contributed by atoms with Crippen LogP contribution < -0.4 is 0 Å². The Kier molecular flexibility index (Phi) is 4.08. The molecular formula is C18H19NO3S. The lowest BCUT2D eigenvalue weighted by Crippen LogP contribution is -2.28. The maximum Gasteiger partial charge on any atom is 0.329 e.